The summed E-state index contributed by atoms with van der Waals surface area (Å²) in [5, 5.41) is 0. The van der Waals surface area contributed by atoms with Crippen LogP contribution in [0.5, 0.6) is 0 Å². The van der Waals surface area contributed by atoms with Crippen molar-refractivity contribution in [2.24, 2.45) is 11.3 Å². The summed E-state index contributed by atoms with van der Waals surface area (Å²) >= 11 is 0. The predicted molar refractivity (Wildman–Crippen MR) is 61.0 cm³/mol. The van der Waals surface area contributed by atoms with E-state index >= 15 is 0 Å². The zero-order valence-corrected chi connectivity index (χ0v) is 10.3. The molecule has 0 aromatic heterocycles. The quantitative estimate of drug-likeness (QED) is 0.415. The molecule has 1 amide bonds. The predicted octanol–water partition coefficient (Wildman–Crippen LogP) is 0.877. The molecular formula is C11H23N3O. The molecule has 0 saturated carbocycles. The highest BCUT2D eigenvalue weighted by atomic mass is 16.2. The first-order valence-electron chi connectivity index (χ1n) is 5.56. The molecule has 4 heteroatoms. The van der Waals surface area contributed by atoms with Crippen LogP contribution in [0.4, 0.5) is 0 Å². The third-order valence-corrected chi connectivity index (χ3v) is 3.40. The Labute approximate surface area is 92.2 Å². The molecular weight excluding hydrogens is 190 g/mol. The summed E-state index contributed by atoms with van der Waals surface area (Å²) in [6.07, 6.45) is 2.42. The van der Waals surface area contributed by atoms with Crippen LogP contribution in [-0.2, 0) is 4.79 Å². The fourth-order valence-electron chi connectivity index (χ4n) is 2.20. The van der Waals surface area contributed by atoms with Gasteiger partial charge in [-0.25, -0.2) is 5.84 Å². The van der Waals surface area contributed by atoms with Crippen molar-refractivity contribution in [2.75, 3.05) is 13.1 Å². The average Bonchev–Trinajstić information content (AvgIpc) is 2.44. The van der Waals surface area contributed by atoms with Crippen molar-refractivity contribution in [3.05, 3.63) is 0 Å². The van der Waals surface area contributed by atoms with Crippen LogP contribution in [0.15, 0.2) is 0 Å². The SMILES string of the molecule is CC(C)(CN1CCCC1(C)C)C(=O)NN. The molecule has 15 heavy (non-hydrogen) atoms. The standard InChI is InChI=1S/C11H23N3O/c1-10(2,9(15)13-12)8-14-7-5-6-11(14,3)4/h5-8,12H2,1-4H3,(H,13,15). The highest BCUT2D eigenvalue weighted by molar-refractivity contribution is 5.81. The maximum Gasteiger partial charge on any atom is 0.240 e. The van der Waals surface area contributed by atoms with Gasteiger partial charge in [0.25, 0.3) is 0 Å². The van der Waals surface area contributed by atoms with Gasteiger partial charge in [-0.2, -0.15) is 0 Å². The number of carbonyl (C=O) groups is 1. The molecule has 0 radical (unpaired) electrons. The fraction of sp³-hybridized carbons (Fsp3) is 0.909. The van der Waals surface area contributed by atoms with Crippen LogP contribution in [0.1, 0.15) is 40.5 Å². The summed E-state index contributed by atoms with van der Waals surface area (Å²) in [6.45, 7) is 10.2. The number of amides is 1. The molecule has 3 N–H and O–H groups in total. The third-order valence-electron chi connectivity index (χ3n) is 3.40. The van der Waals surface area contributed by atoms with Crippen LogP contribution < -0.4 is 11.3 Å². The summed E-state index contributed by atoms with van der Waals surface area (Å²) in [5.74, 6) is 5.09. The lowest BCUT2D eigenvalue weighted by Gasteiger charge is -2.37. The molecule has 1 fully saturated rings. The molecule has 4 nitrogen and oxygen atoms in total. The molecule has 0 atom stereocenters. The highest BCUT2D eigenvalue weighted by Crippen LogP contribution is 2.31. The lowest BCUT2D eigenvalue weighted by atomic mass is 9.90. The lowest BCUT2D eigenvalue weighted by molar-refractivity contribution is -0.130. The number of likely N-dealkylation sites (tertiary alicyclic amines) is 1. The molecule has 1 rings (SSSR count). The second-order valence-electron chi connectivity index (χ2n) is 5.69. The molecule has 1 saturated heterocycles. The molecule has 1 heterocycles. The molecule has 0 bridgehead atoms. The summed E-state index contributed by atoms with van der Waals surface area (Å²) in [5.41, 5.74) is 2.04. The van der Waals surface area contributed by atoms with Crippen LogP contribution in [0.2, 0.25) is 0 Å². The number of hydrogen-bond donors (Lipinski definition) is 2. The molecule has 88 valence electrons. The van der Waals surface area contributed by atoms with Gasteiger partial charge in [0.15, 0.2) is 0 Å². The van der Waals surface area contributed by atoms with E-state index in [0.717, 1.165) is 13.1 Å². The van der Waals surface area contributed by atoms with Gasteiger partial charge in [-0.15, -0.1) is 0 Å². The Hall–Kier alpha value is -0.610. The van der Waals surface area contributed by atoms with E-state index in [0.29, 0.717) is 0 Å². The van der Waals surface area contributed by atoms with Gasteiger partial charge in [-0.05, 0) is 47.1 Å². The summed E-state index contributed by atoms with van der Waals surface area (Å²) < 4.78 is 0. The van der Waals surface area contributed by atoms with Crippen LogP contribution in [-0.4, -0.2) is 29.4 Å². The Morgan fingerprint density at radius 3 is 2.53 bits per heavy atom. The normalized spacial score (nSPS) is 21.7. The van der Waals surface area contributed by atoms with Gasteiger partial charge in [-0.3, -0.25) is 15.1 Å². The topological polar surface area (TPSA) is 58.4 Å². The Bertz CT molecular complexity index is 248. The Morgan fingerprint density at radius 2 is 2.13 bits per heavy atom. The van der Waals surface area contributed by atoms with Gasteiger partial charge >= 0.3 is 0 Å². The van der Waals surface area contributed by atoms with Gasteiger partial charge < -0.3 is 0 Å². The zero-order chi connectivity index (χ0) is 11.7. The molecule has 1 aliphatic rings. The fourth-order valence-corrected chi connectivity index (χ4v) is 2.20. The first kappa shape index (κ1) is 12.5. The van der Waals surface area contributed by atoms with E-state index in [1.807, 2.05) is 13.8 Å². The monoisotopic (exact) mass is 213 g/mol. The molecule has 0 unspecified atom stereocenters. The number of nitrogens with two attached hydrogens (primary N) is 1. The Balaban J connectivity index is 2.65. The summed E-state index contributed by atoms with van der Waals surface area (Å²) in [7, 11) is 0. The second kappa shape index (κ2) is 4.10. The smallest absolute Gasteiger partial charge is 0.240 e. The van der Waals surface area contributed by atoms with E-state index < -0.39 is 5.41 Å². The van der Waals surface area contributed by atoms with E-state index in [1.165, 1.54) is 12.8 Å². The molecule has 0 aromatic rings. The van der Waals surface area contributed by atoms with Gasteiger partial charge in [0.1, 0.15) is 0 Å². The van der Waals surface area contributed by atoms with Gasteiger partial charge in [0.2, 0.25) is 5.91 Å². The number of carbonyl (C=O) groups excluding carboxylic acids is 1. The number of nitrogens with one attached hydrogen (secondary N) is 1. The maximum absolute atomic E-state index is 11.6. The highest BCUT2D eigenvalue weighted by Gasteiger charge is 2.38. The van der Waals surface area contributed by atoms with Gasteiger partial charge in [-0.1, -0.05) is 0 Å². The van der Waals surface area contributed by atoms with E-state index in [-0.39, 0.29) is 11.4 Å². The van der Waals surface area contributed by atoms with Crippen LogP contribution in [0.3, 0.4) is 0 Å². The van der Waals surface area contributed by atoms with Crippen LogP contribution in [0, 0.1) is 5.41 Å². The van der Waals surface area contributed by atoms with Gasteiger partial charge in [0, 0.05) is 12.1 Å². The number of hydrazine groups is 1. The number of nitrogens with zero attached hydrogens (tertiary/aromatic N) is 1. The number of hydrogen-bond acceptors (Lipinski definition) is 3. The molecule has 0 aliphatic carbocycles. The van der Waals surface area contributed by atoms with Crippen molar-refractivity contribution in [1.82, 2.24) is 10.3 Å². The molecule has 0 spiro atoms. The second-order valence-corrected chi connectivity index (χ2v) is 5.69. The minimum atomic E-state index is -0.420. The third kappa shape index (κ3) is 2.69. The lowest BCUT2D eigenvalue weighted by Crippen LogP contribution is -2.50. The van der Waals surface area contributed by atoms with Crippen LogP contribution >= 0.6 is 0 Å². The minimum Gasteiger partial charge on any atom is -0.297 e. The Morgan fingerprint density at radius 1 is 1.53 bits per heavy atom. The van der Waals surface area contributed by atoms with Crippen molar-refractivity contribution >= 4 is 5.91 Å². The Kier molecular flexibility index (Phi) is 3.41. The first-order valence-corrected chi connectivity index (χ1v) is 5.56. The minimum absolute atomic E-state index is 0.0924. The van der Waals surface area contributed by atoms with Crippen molar-refractivity contribution in [1.29, 1.82) is 0 Å². The molecule has 0 aromatic carbocycles. The summed E-state index contributed by atoms with van der Waals surface area (Å²) in [6, 6.07) is 0. The van der Waals surface area contributed by atoms with Gasteiger partial charge in [0.05, 0.1) is 5.41 Å². The van der Waals surface area contributed by atoms with E-state index in [1.54, 1.807) is 0 Å². The number of rotatable bonds is 3. The van der Waals surface area contributed by atoms with Crippen molar-refractivity contribution < 1.29 is 4.79 Å². The molecule has 1 aliphatic heterocycles. The first-order chi connectivity index (χ1) is 6.79. The van der Waals surface area contributed by atoms with Crippen molar-refractivity contribution in [2.45, 2.75) is 46.1 Å². The van der Waals surface area contributed by atoms with Crippen LogP contribution in [0.25, 0.3) is 0 Å². The zero-order valence-electron chi connectivity index (χ0n) is 10.3. The van der Waals surface area contributed by atoms with Crippen molar-refractivity contribution in [3.8, 4) is 0 Å². The van der Waals surface area contributed by atoms with E-state index in [4.69, 9.17) is 5.84 Å². The average molecular weight is 213 g/mol. The largest absolute Gasteiger partial charge is 0.297 e. The van der Waals surface area contributed by atoms with E-state index in [2.05, 4.69) is 24.2 Å². The summed E-state index contributed by atoms with van der Waals surface area (Å²) in [4.78, 5) is 13.9. The van der Waals surface area contributed by atoms with E-state index in [9.17, 15) is 4.79 Å². The maximum atomic E-state index is 11.6. The van der Waals surface area contributed by atoms with Crippen molar-refractivity contribution in [3.63, 3.8) is 0 Å².